The van der Waals surface area contributed by atoms with Crippen molar-refractivity contribution in [2.24, 2.45) is 7.05 Å². The van der Waals surface area contributed by atoms with Crippen molar-refractivity contribution < 1.29 is 13.9 Å². The standard InChI is InChI=1S/C19H18Cl2FN3O2/c1-19(2,22)13-6-14(20)17(15(21)7-13)25-10-12(8-23-25)11-5-16(18(26)27-4)24(3)9-11/h5-10H,1-4H3. The van der Waals surface area contributed by atoms with Gasteiger partial charge in [0.05, 0.1) is 23.4 Å². The van der Waals surface area contributed by atoms with Crippen LogP contribution < -0.4 is 0 Å². The Kier molecular flexibility index (Phi) is 5.06. The average molecular weight is 410 g/mol. The first kappa shape index (κ1) is 19.5. The summed E-state index contributed by atoms with van der Waals surface area (Å²) in [6.45, 7) is 2.88. The van der Waals surface area contributed by atoms with Crippen molar-refractivity contribution in [1.82, 2.24) is 14.3 Å². The smallest absolute Gasteiger partial charge is 0.354 e. The molecule has 0 radical (unpaired) electrons. The molecular formula is C19H18Cl2FN3O2. The van der Waals surface area contributed by atoms with E-state index < -0.39 is 11.6 Å². The fourth-order valence-corrected chi connectivity index (χ4v) is 3.41. The molecular weight excluding hydrogens is 392 g/mol. The van der Waals surface area contributed by atoms with Crippen LogP contribution in [0.3, 0.4) is 0 Å². The van der Waals surface area contributed by atoms with Crippen LogP contribution in [0.1, 0.15) is 29.9 Å². The number of benzene rings is 1. The lowest BCUT2D eigenvalue weighted by molar-refractivity contribution is 0.0590. The van der Waals surface area contributed by atoms with Gasteiger partial charge in [-0.3, -0.25) is 0 Å². The topological polar surface area (TPSA) is 49.0 Å². The third kappa shape index (κ3) is 3.73. The number of alkyl halides is 1. The van der Waals surface area contributed by atoms with E-state index in [4.69, 9.17) is 27.9 Å². The highest BCUT2D eigenvalue weighted by molar-refractivity contribution is 6.37. The van der Waals surface area contributed by atoms with E-state index in [0.29, 0.717) is 27.0 Å². The number of nitrogens with zero attached hydrogens (tertiary/aromatic N) is 3. The highest BCUT2D eigenvalue weighted by atomic mass is 35.5. The summed E-state index contributed by atoms with van der Waals surface area (Å²) in [6, 6.07) is 4.80. The summed E-state index contributed by atoms with van der Waals surface area (Å²) in [7, 11) is 3.09. The van der Waals surface area contributed by atoms with Crippen molar-refractivity contribution in [3.8, 4) is 16.8 Å². The fourth-order valence-electron chi connectivity index (χ4n) is 2.75. The lowest BCUT2D eigenvalue weighted by atomic mass is 10.00. The number of carbonyl (C=O) groups is 1. The summed E-state index contributed by atoms with van der Waals surface area (Å²) in [6.07, 6.45) is 5.17. The van der Waals surface area contributed by atoms with Gasteiger partial charge in [0.25, 0.3) is 0 Å². The molecule has 0 saturated heterocycles. The number of ether oxygens (including phenoxy) is 1. The summed E-state index contributed by atoms with van der Waals surface area (Å²) in [5.41, 5.74) is 1.27. The van der Waals surface area contributed by atoms with Gasteiger partial charge >= 0.3 is 5.97 Å². The van der Waals surface area contributed by atoms with Crippen molar-refractivity contribution in [2.75, 3.05) is 7.11 Å². The molecule has 27 heavy (non-hydrogen) atoms. The number of rotatable bonds is 4. The van der Waals surface area contributed by atoms with Crippen molar-refractivity contribution >= 4 is 29.2 Å². The summed E-state index contributed by atoms with van der Waals surface area (Å²) in [5, 5.41) is 4.89. The van der Waals surface area contributed by atoms with E-state index in [2.05, 4.69) is 5.10 Å². The first-order valence-corrected chi connectivity index (χ1v) is 8.86. The maximum Gasteiger partial charge on any atom is 0.354 e. The fraction of sp³-hybridized carbons (Fsp3) is 0.263. The minimum atomic E-state index is -1.56. The Morgan fingerprint density at radius 1 is 1.15 bits per heavy atom. The van der Waals surface area contributed by atoms with E-state index in [9.17, 15) is 9.18 Å². The Balaban J connectivity index is 2.01. The molecule has 5 nitrogen and oxygen atoms in total. The number of halogens is 3. The van der Waals surface area contributed by atoms with Gasteiger partial charge in [0.2, 0.25) is 0 Å². The molecule has 2 aromatic heterocycles. The van der Waals surface area contributed by atoms with Gasteiger partial charge in [0.15, 0.2) is 0 Å². The minimum Gasteiger partial charge on any atom is -0.464 e. The molecule has 0 unspecified atom stereocenters. The second-order valence-corrected chi connectivity index (χ2v) is 7.47. The normalized spacial score (nSPS) is 11.7. The Labute approximate surface area is 166 Å². The predicted molar refractivity (Wildman–Crippen MR) is 103 cm³/mol. The molecule has 0 atom stereocenters. The second-order valence-electron chi connectivity index (χ2n) is 6.65. The maximum absolute atomic E-state index is 14.2. The van der Waals surface area contributed by atoms with Gasteiger partial charge in [0, 0.05) is 30.6 Å². The number of carbonyl (C=O) groups excluding carboxylic acids is 1. The van der Waals surface area contributed by atoms with E-state index in [1.165, 1.54) is 25.6 Å². The van der Waals surface area contributed by atoms with Crippen LogP contribution in [0, 0.1) is 0 Å². The Morgan fingerprint density at radius 2 is 1.78 bits per heavy atom. The number of methoxy groups -OCH3 is 1. The number of esters is 1. The Morgan fingerprint density at radius 3 is 2.33 bits per heavy atom. The van der Waals surface area contributed by atoms with Crippen LogP contribution >= 0.6 is 23.2 Å². The van der Waals surface area contributed by atoms with Gasteiger partial charge < -0.3 is 9.30 Å². The number of hydrogen-bond acceptors (Lipinski definition) is 3. The predicted octanol–water partition coefficient (Wildman–Crippen LogP) is 5.18. The molecule has 0 aliphatic rings. The first-order valence-electron chi connectivity index (χ1n) is 8.10. The van der Waals surface area contributed by atoms with Crippen LogP contribution in [0.2, 0.25) is 10.0 Å². The van der Waals surface area contributed by atoms with Gasteiger partial charge in [-0.05, 0) is 37.6 Å². The molecule has 0 aliphatic carbocycles. The van der Waals surface area contributed by atoms with E-state index in [1.807, 2.05) is 0 Å². The van der Waals surface area contributed by atoms with Gasteiger partial charge in [-0.15, -0.1) is 0 Å². The number of hydrogen-bond donors (Lipinski definition) is 0. The third-order valence-corrected chi connectivity index (χ3v) is 4.82. The summed E-state index contributed by atoms with van der Waals surface area (Å²) in [4.78, 5) is 11.8. The largest absolute Gasteiger partial charge is 0.464 e. The van der Waals surface area contributed by atoms with Crippen molar-refractivity contribution in [3.63, 3.8) is 0 Å². The molecule has 0 amide bonds. The molecule has 0 bridgehead atoms. The maximum atomic E-state index is 14.2. The second kappa shape index (κ2) is 7.02. The summed E-state index contributed by atoms with van der Waals surface area (Å²) >= 11 is 12.7. The monoisotopic (exact) mass is 409 g/mol. The minimum absolute atomic E-state index is 0.293. The van der Waals surface area contributed by atoms with Crippen molar-refractivity contribution in [1.29, 1.82) is 0 Å². The molecule has 0 spiro atoms. The molecule has 1 aromatic carbocycles. The zero-order valence-corrected chi connectivity index (χ0v) is 16.8. The van der Waals surface area contributed by atoms with Gasteiger partial charge in [-0.1, -0.05) is 23.2 Å². The molecule has 142 valence electrons. The summed E-state index contributed by atoms with van der Waals surface area (Å²) in [5.74, 6) is -0.424. The molecule has 0 fully saturated rings. The molecule has 3 aromatic rings. The van der Waals surface area contributed by atoms with E-state index >= 15 is 0 Å². The number of aromatic nitrogens is 3. The Hall–Kier alpha value is -2.31. The molecule has 8 heteroatoms. The molecule has 3 rings (SSSR count). The van der Waals surface area contributed by atoms with Gasteiger partial charge in [-0.2, -0.15) is 5.10 Å². The van der Waals surface area contributed by atoms with Crippen LogP contribution in [0.5, 0.6) is 0 Å². The van der Waals surface area contributed by atoms with Gasteiger partial charge in [0.1, 0.15) is 17.1 Å². The average Bonchev–Trinajstić information content (AvgIpc) is 3.19. The van der Waals surface area contributed by atoms with E-state index in [-0.39, 0.29) is 0 Å². The van der Waals surface area contributed by atoms with Crippen LogP contribution in [0.4, 0.5) is 4.39 Å². The van der Waals surface area contributed by atoms with Crippen molar-refractivity contribution in [2.45, 2.75) is 19.5 Å². The quantitative estimate of drug-likeness (QED) is 0.558. The number of aryl methyl sites for hydroxylation is 1. The molecule has 0 N–H and O–H groups in total. The lowest BCUT2D eigenvalue weighted by Gasteiger charge is -2.17. The van der Waals surface area contributed by atoms with Crippen LogP contribution in [0.15, 0.2) is 36.8 Å². The van der Waals surface area contributed by atoms with Crippen molar-refractivity contribution in [3.05, 3.63) is 58.1 Å². The molecule has 0 aliphatic heterocycles. The lowest BCUT2D eigenvalue weighted by Crippen LogP contribution is -2.10. The van der Waals surface area contributed by atoms with Crippen LogP contribution in [0.25, 0.3) is 16.8 Å². The molecule has 2 heterocycles. The highest BCUT2D eigenvalue weighted by Gasteiger charge is 2.23. The summed E-state index contributed by atoms with van der Waals surface area (Å²) < 4.78 is 22.2. The first-order chi connectivity index (χ1) is 12.6. The Bertz CT molecular complexity index is 995. The zero-order valence-electron chi connectivity index (χ0n) is 15.3. The van der Waals surface area contributed by atoms with Gasteiger partial charge in [-0.25, -0.2) is 13.9 Å². The van der Waals surface area contributed by atoms with E-state index in [0.717, 1.165) is 11.1 Å². The third-order valence-electron chi connectivity index (χ3n) is 4.25. The van der Waals surface area contributed by atoms with Crippen LogP contribution in [-0.4, -0.2) is 27.4 Å². The highest BCUT2D eigenvalue weighted by Crippen LogP contribution is 2.36. The van der Waals surface area contributed by atoms with E-state index in [1.54, 1.807) is 48.4 Å². The molecule has 0 saturated carbocycles. The van der Waals surface area contributed by atoms with Crippen LogP contribution in [-0.2, 0) is 17.5 Å². The SMILES string of the molecule is COC(=O)c1cc(-c2cnn(-c3c(Cl)cc(C(C)(C)F)cc3Cl)c2)cn1C. The zero-order chi connectivity index (χ0) is 19.9.